The number of esters is 2. The Morgan fingerprint density at radius 1 is 0.690 bits per heavy atom. The van der Waals surface area contributed by atoms with Crippen molar-refractivity contribution >= 4 is 11.9 Å². The number of ether oxygens (including phenoxy) is 3. The van der Waals surface area contributed by atoms with Crippen molar-refractivity contribution in [2.24, 2.45) is 5.92 Å². The molecule has 0 aromatic rings. The minimum absolute atomic E-state index is 0.138. The van der Waals surface area contributed by atoms with Gasteiger partial charge in [-0.25, -0.2) is 0 Å². The van der Waals surface area contributed by atoms with E-state index in [0.717, 1.165) is 50.9 Å². The van der Waals surface area contributed by atoms with Gasteiger partial charge in [0, 0.05) is 12.8 Å². The Kier molecular flexibility index (Phi) is 24.2. The first-order valence-electron chi connectivity index (χ1n) is 17.0. The zero-order chi connectivity index (χ0) is 30.7. The topological polar surface area (TPSA) is 85.4 Å². The summed E-state index contributed by atoms with van der Waals surface area (Å²) in [5.41, 5.74) is 0. The molecule has 1 rings (SSSR count). The van der Waals surface area contributed by atoms with E-state index in [1.165, 1.54) is 57.8 Å². The van der Waals surface area contributed by atoms with Gasteiger partial charge in [-0.15, -0.1) is 0 Å². The van der Waals surface area contributed by atoms with Crippen molar-refractivity contribution in [3.63, 3.8) is 0 Å². The van der Waals surface area contributed by atoms with Gasteiger partial charge in [-0.2, -0.15) is 0 Å². The SMILES string of the molecule is CCCCC/C=C\C/C=C\CC1OC1C/C=C\CCCC(=O)OC[C@@H](O)COC(=O)CCCCCCCCCC(C)C. The minimum Gasteiger partial charge on any atom is -0.463 e. The second kappa shape index (κ2) is 26.7. The lowest BCUT2D eigenvalue weighted by molar-refractivity contribution is -0.152. The molecule has 0 amide bonds. The molecule has 1 heterocycles. The van der Waals surface area contributed by atoms with Gasteiger partial charge in [-0.1, -0.05) is 115 Å². The normalized spacial score (nSPS) is 17.5. The monoisotopic (exact) mass is 590 g/mol. The molecule has 3 atom stereocenters. The van der Waals surface area contributed by atoms with E-state index in [1.54, 1.807) is 0 Å². The number of rotatable bonds is 28. The maximum atomic E-state index is 11.9. The van der Waals surface area contributed by atoms with Gasteiger partial charge in [0.05, 0.1) is 12.2 Å². The molecule has 0 aromatic carbocycles. The molecule has 1 fully saturated rings. The van der Waals surface area contributed by atoms with Gasteiger partial charge < -0.3 is 19.3 Å². The number of carbonyl (C=O) groups is 2. The summed E-state index contributed by atoms with van der Waals surface area (Å²) in [7, 11) is 0. The smallest absolute Gasteiger partial charge is 0.305 e. The molecule has 242 valence electrons. The minimum atomic E-state index is -0.989. The Balaban J connectivity index is 1.91. The second-order valence-electron chi connectivity index (χ2n) is 12.1. The predicted molar refractivity (Wildman–Crippen MR) is 172 cm³/mol. The lowest BCUT2D eigenvalue weighted by Gasteiger charge is -2.12. The van der Waals surface area contributed by atoms with E-state index in [4.69, 9.17) is 14.2 Å². The lowest BCUT2D eigenvalue weighted by atomic mass is 10.0. The van der Waals surface area contributed by atoms with E-state index in [-0.39, 0.29) is 25.2 Å². The summed E-state index contributed by atoms with van der Waals surface area (Å²) in [4.78, 5) is 23.8. The van der Waals surface area contributed by atoms with Crippen LogP contribution in [0.2, 0.25) is 0 Å². The van der Waals surface area contributed by atoms with Crippen molar-refractivity contribution in [2.75, 3.05) is 13.2 Å². The number of unbranched alkanes of at least 4 members (excludes halogenated alkanes) is 10. The van der Waals surface area contributed by atoms with Crippen molar-refractivity contribution in [3.8, 4) is 0 Å². The van der Waals surface area contributed by atoms with Gasteiger partial charge in [0.2, 0.25) is 0 Å². The van der Waals surface area contributed by atoms with Crippen LogP contribution in [0, 0.1) is 5.92 Å². The van der Waals surface area contributed by atoms with Crippen LogP contribution >= 0.6 is 0 Å². The zero-order valence-electron chi connectivity index (χ0n) is 27.1. The molecular weight excluding hydrogens is 528 g/mol. The molecule has 0 spiro atoms. The summed E-state index contributed by atoms with van der Waals surface area (Å²) in [6.07, 6.45) is 32.3. The van der Waals surface area contributed by atoms with E-state index in [0.29, 0.717) is 31.5 Å². The number of aliphatic hydroxyl groups is 1. The first kappa shape index (κ1) is 38.1. The molecule has 1 aliphatic rings. The number of epoxide rings is 1. The van der Waals surface area contributed by atoms with Crippen molar-refractivity contribution in [1.29, 1.82) is 0 Å². The molecular formula is C36H62O6. The molecule has 0 aromatic heterocycles. The maximum Gasteiger partial charge on any atom is 0.305 e. The highest BCUT2D eigenvalue weighted by atomic mass is 16.6. The first-order chi connectivity index (χ1) is 20.4. The zero-order valence-corrected chi connectivity index (χ0v) is 27.1. The molecule has 6 heteroatoms. The molecule has 0 bridgehead atoms. The van der Waals surface area contributed by atoms with E-state index in [2.05, 4.69) is 57.2 Å². The van der Waals surface area contributed by atoms with Gasteiger partial charge in [0.1, 0.15) is 19.3 Å². The Bertz CT molecular complexity index is 756. The first-order valence-corrected chi connectivity index (χ1v) is 17.0. The van der Waals surface area contributed by atoms with Gasteiger partial charge in [-0.3, -0.25) is 9.59 Å². The maximum absolute atomic E-state index is 11.9. The van der Waals surface area contributed by atoms with Crippen LogP contribution in [0.4, 0.5) is 0 Å². The van der Waals surface area contributed by atoms with Gasteiger partial charge in [-0.05, 0) is 57.3 Å². The van der Waals surface area contributed by atoms with Crippen molar-refractivity contribution in [3.05, 3.63) is 36.5 Å². The Morgan fingerprint density at radius 2 is 1.21 bits per heavy atom. The van der Waals surface area contributed by atoms with Crippen molar-refractivity contribution in [1.82, 2.24) is 0 Å². The molecule has 0 saturated carbocycles. The third-order valence-electron chi connectivity index (χ3n) is 7.46. The fourth-order valence-corrected chi connectivity index (χ4v) is 4.71. The summed E-state index contributed by atoms with van der Waals surface area (Å²) in [5, 5.41) is 9.96. The summed E-state index contributed by atoms with van der Waals surface area (Å²) < 4.78 is 16.0. The van der Waals surface area contributed by atoms with E-state index < -0.39 is 6.10 Å². The standard InChI is InChI=1S/C36H62O6/c1-4-5-6-7-8-9-12-15-20-25-33-34(42-33)26-21-17-18-23-28-36(39)41-30-32(37)29-40-35(38)27-22-16-13-10-11-14-19-24-31(2)3/h8-9,15,17,20-21,31-34,37H,4-7,10-14,16,18-19,22-30H2,1-3H3/b9-8-,20-15-,21-17-/t32-,33?,34?/m0/s1. The molecule has 1 saturated heterocycles. The van der Waals surface area contributed by atoms with Gasteiger partial charge in [0.25, 0.3) is 0 Å². The highest BCUT2D eigenvalue weighted by molar-refractivity contribution is 5.69. The Labute approximate surface area is 257 Å². The van der Waals surface area contributed by atoms with Gasteiger partial charge >= 0.3 is 11.9 Å². The lowest BCUT2D eigenvalue weighted by Crippen LogP contribution is -2.25. The van der Waals surface area contributed by atoms with E-state index in [1.807, 2.05) is 0 Å². The molecule has 0 radical (unpaired) electrons. The predicted octanol–water partition coefficient (Wildman–Crippen LogP) is 8.96. The van der Waals surface area contributed by atoms with Crippen molar-refractivity contribution < 1.29 is 28.9 Å². The summed E-state index contributed by atoms with van der Waals surface area (Å²) in [6.45, 7) is 6.47. The average Bonchev–Trinajstić information content (AvgIpc) is 3.72. The highest BCUT2D eigenvalue weighted by Crippen LogP contribution is 2.29. The quantitative estimate of drug-likeness (QED) is 0.0424. The molecule has 0 aliphatic carbocycles. The van der Waals surface area contributed by atoms with Crippen molar-refractivity contribution in [2.45, 2.75) is 161 Å². The third-order valence-corrected chi connectivity index (χ3v) is 7.46. The fraction of sp³-hybridized carbons (Fsp3) is 0.778. The molecule has 6 nitrogen and oxygen atoms in total. The number of hydrogen-bond donors (Lipinski definition) is 1. The van der Waals surface area contributed by atoms with Crippen LogP contribution in [-0.4, -0.2) is 48.6 Å². The van der Waals surface area contributed by atoms with Gasteiger partial charge in [0.15, 0.2) is 0 Å². The second-order valence-corrected chi connectivity index (χ2v) is 12.1. The Hall–Kier alpha value is -1.92. The third kappa shape index (κ3) is 24.7. The number of aliphatic hydroxyl groups excluding tert-OH is 1. The van der Waals surface area contributed by atoms with Crippen LogP contribution in [0.15, 0.2) is 36.5 Å². The number of hydrogen-bond acceptors (Lipinski definition) is 6. The van der Waals surface area contributed by atoms with E-state index >= 15 is 0 Å². The van der Waals surface area contributed by atoms with Crippen LogP contribution in [0.25, 0.3) is 0 Å². The number of allylic oxidation sites excluding steroid dienone is 4. The van der Waals surface area contributed by atoms with E-state index in [9.17, 15) is 14.7 Å². The highest BCUT2D eigenvalue weighted by Gasteiger charge is 2.35. The summed E-state index contributed by atoms with van der Waals surface area (Å²) in [6, 6.07) is 0. The van der Waals surface area contributed by atoms with Crippen LogP contribution in [0.1, 0.15) is 143 Å². The van der Waals surface area contributed by atoms with Crippen LogP contribution < -0.4 is 0 Å². The molecule has 1 N–H and O–H groups in total. The van der Waals surface area contributed by atoms with Crippen LogP contribution in [0.3, 0.4) is 0 Å². The molecule has 42 heavy (non-hydrogen) atoms. The number of carbonyl (C=O) groups excluding carboxylic acids is 2. The summed E-state index contributed by atoms with van der Waals surface area (Å²) in [5.74, 6) is 0.146. The largest absolute Gasteiger partial charge is 0.463 e. The van der Waals surface area contributed by atoms with Crippen LogP contribution in [0.5, 0.6) is 0 Å². The molecule has 2 unspecified atom stereocenters. The summed E-state index contributed by atoms with van der Waals surface area (Å²) >= 11 is 0. The average molecular weight is 591 g/mol. The fourth-order valence-electron chi connectivity index (χ4n) is 4.71. The molecule has 1 aliphatic heterocycles. The van der Waals surface area contributed by atoms with Crippen LogP contribution in [-0.2, 0) is 23.8 Å². The Morgan fingerprint density at radius 3 is 1.86 bits per heavy atom.